The van der Waals surface area contributed by atoms with Crippen molar-refractivity contribution in [2.75, 3.05) is 18.8 Å². The van der Waals surface area contributed by atoms with Crippen LogP contribution in [0.3, 0.4) is 0 Å². The van der Waals surface area contributed by atoms with Gasteiger partial charge in [0.15, 0.2) is 0 Å². The van der Waals surface area contributed by atoms with Crippen molar-refractivity contribution in [1.82, 2.24) is 4.90 Å². The molecule has 1 saturated carbocycles. The van der Waals surface area contributed by atoms with Crippen molar-refractivity contribution in [2.24, 2.45) is 23.7 Å². The van der Waals surface area contributed by atoms with E-state index in [1.807, 2.05) is 11.0 Å². The Bertz CT molecular complexity index is 640. The third-order valence-corrected chi connectivity index (χ3v) is 6.92. The number of hydrogen-bond donors (Lipinski definition) is 0. The van der Waals surface area contributed by atoms with Crippen LogP contribution in [0, 0.1) is 23.7 Å². The SMILES string of the molecule is O=C(CS(=O)C1=CC2CC3C=CC=CC3C2C=C1)N1CCCC1. The molecule has 1 aliphatic heterocycles. The Morgan fingerprint density at radius 2 is 1.83 bits per heavy atom. The third-order valence-electron chi connectivity index (χ3n) is 5.62. The van der Waals surface area contributed by atoms with E-state index in [0.29, 0.717) is 23.7 Å². The summed E-state index contributed by atoms with van der Waals surface area (Å²) < 4.78 is 12.6. The maximum atomic E-state index is 12.6. The zero-order chi connectivity index (χ0) is 15.8. The fourth-order valence-electron chi connectivity index (χ4n) is 4.40. The lowest BCUT2D eigenvalue weighted by Crippen LogP contribution is -2.32. The highest BCUT2D eigenvalue weighted by atomic mass is 32.2. The van der Waals surface area contributed by atoms with E-state index in [0.717, 1.165) is 37.3 Å². The summed E-state index contributed by atoms with van der Waals surface area (Å²) in [7, 11) is -1.21. The van der Waals surface area contributed by atoms with E-state index in [9.17, 15) is 9.00 Å². The minimum atomic E-state index is -1.21. The Labute approximate surface area is 140 Å². The summed E-state index contributed by atoms with van der Waals surface area (Å²) >= 11 is 0. The van der Waals surface area contributed by atoms with E-state index in [2.05, 4.69) is 36.5 Å². The van der Waals surface area contributed by atoms with E-state index in [-0.39, 0.29) is 11.7 Å². The molecule has 0 aromatic carbocycles. The van der Waals surface area contributed by atoms with Crippen LogP contribution in [0.25, 0.3) is 0 Å². The molecule has 122 valence electrons. The van der Waals surface area contributed by atoms with Crippen LogP contribution in [0.4, 0.5) is 0 Å². The highest BCUT2D eigenvalue weighted by molar-refractivity contribution is 7.89. The second-order valence-electron chi connectivity index (χ2n) is 6.99. The van der Waals surface area contributed by atoms with E-state index < -0.39 is 10.8 Å². The fraction of sp³-hybridized carbons (Fsp3) is 0.526. The first-order chi connectivity index (χ1) is 11.2. The van der Waals surface area contributed by atoms with Crippen LogP contribution in [0.2, 0.25) is 0 Å². The van der Waals surface area contributed by atoms with Crippen molar-refractivity contribution in [3.63, 3.8) is 0 Å². The maximum Gasteiger partial charge on any atom is 0.235 e. The fourth-order valence-corrected chi connectivity index (χ4v) is 5.53. The molecule has 2 fully saturated rings. The molecule has 1 heterocycles. The van der Waals surface area contributed by atoms with E-state index >= 15 is 0 Å². The summed E-state index contributed by atoms with van der Waals surface area (Å²) in [6.07, 6.45) is 18.6. The number of rotatable bonds is 3. The number of carbonyl (C=O) groups is 1. The Kier molecular flexibility index (Phi) is 4.10. The van der Waals surface area contributed by atoms with Gasteiger partial charge in [-0.15, -0.1) is 0 Å². The number of likely N-dealkylation sites (tertiary alicyclic amines) is 1. The summed E-state index contributed by atoms with van der Waals surface area (Å²) in [5, 5.41) is 0. The summed E-state index contributed by atoms with van der Waals surface area (Å²) in [6.45, 7) is 1.66. The summed E-state index contributed by atoms with van der Waals surface area (Å²) in [6, 6.07) is 0. The lowest BCUT2D eigenvalue weighted by atomic mass is 9.83. The van der Waals surface area contributed by atoms with Gasteiger partial charge in [-0.25, -0.2) is 0 Å². The monoisotopic (exact) mass is 329 g/mol. The minimum absolute atomic E-state index is 0.0446. The van der Waals surface area contributed by atoms with Gasteiger partial charge in [0.25, 0.3) is 0 Å². The van der Waals surface area contributed by atoms with Crippen LogP contribution in [0.15, 0.2) is 47.4 Å². The van der Waals surface area contributed by atoms with Crippen LogP contribution in [-0.2, 0) is 15.6 Å². The summed E-state index contributed by atoms with van der Waals surface area (Å²) in [4.78, 5) is 14.9. The van der Waals surface area contributed by atoms with Crippen molar-refractivity contribution >= 4 is 16.7 Å². The number of carbonyl (C=O) groups excluding carboxylic acids is 1. The minimum Gasteiger partial charge on any atom is -0.342 e. The van der Waals surface area contributed by atoms with Crippen molar-refractivity contribution in [3.8, 4) is 0 Å². The van der Waals surface area contributed by atoms with Gasteiger partial charge in [0.1, 0.15) is 5.75 Å². The lowest BCUT2D eigenvalue weighted by molar-refractivity contribution is -0.127. The number of allylic oxidation sites excluding steroid dienone is 7. The maximum absolute atomic E-state index is 12.6. The standard InChI is InChI=1S/C19H23NO2S/c21-19(20-9-3-4-10-20)13-23(22)16-7-8-18-15(12-16)11-14-5-1-2-6-17(14)18/h1-2,5-8,12,14-15,17-18H,3-4,9-11,13H2. The first-order valence-corrected chi connectivity index (χ1v) is 9.95. The van der Waals surface area contributed by atoms with Crippen molar-refractivity contribution in [2.45, 2.75) is 19.3 Å². The average molecular weight is 329 g/mol. The van der Waals surface area contributed by atoms with Gasteiger partial charge in [0, 0.05) is 18.0 Å². The number of amides is 1. The summed E-state index contributed by atoms with van der Waals surface area (Å²) in [5.74, 6) is 2.36. The van der Waals surface area contributed by atoms with Gasteiger partial charge in [0.05, 0.1) is 10.8 Å². The quantitative estimate of drug-likeness (QED) is 0.798. The predicted molar refractivity (Wildman–Crippen MR) is 92.9 cm³/mol. The molecule has 5 unspecified atom stereocenters. The van der Waals surface area contributed by atoms with Gasteiger partial charge in [-0.2, -0.15) is 0 Å². The normalized spacial score (nSPS) is 35.8. The molecule has 5 atom stereocenters. The zero-order valence-corrected chi connectivity index (χ0v) is 14.1. The first-order valence-electron chi connectivity index (χ1n) is 8.63. The topological polar surface area (TPSA) is 37.4 Å². The highest BCUT2D eigenvalue weighted by Gasteiger charge is 2.40. The Morgan fingerprint density at radius 1 is 1.09 bits per heavy atom. The molecule has 0 N–H and O–H groups in total. The van der Waals surface area contributed by atoms with Gasteiger partial charge < -0.3 is 4.90 Å². The van der Waals surface area contributed by atoms with Gasteiger partial charge >= 0.3 is 0 Å². The van der Waals surface area contributed by atoms with Crippen LogP contribution < -0.4 is 0 Å². The molecule has 4 rings (SSSR count). The molecular weight excluding hydrogens is 306 g/mol. The van der Waals surface area contributed by atoms with Gasteiger partial charge in [-0.3, -0.25) is 9.00 Å². The molecule has 1 amide bonds. The number of nitrogens with zero attached hydrogens (tertiary/aromatic N) is 1. The van der Waals surface area contributed by atoms with Crippen LogP contribution >= 0.6 is 0 Å². The summed E-state index contributed by atoms with van der Waals surface area (Å²) in [5.41, 5.74) is 0. The molecule has 3 aliphatic carbocycles. The number of fused-ring (bicyclic) bond motifs is 3. The Morgan fingerprint density at radius 3 is 2.65 bits per heavy atom. The van der Waals surface area contributed by atoms with Gasteiger partial charge in [0.2, 0.25) is 5.91 Å². The predicted octanol–water partition coefficient (Wildman–Crippen LogP) is 2.81. The van der Waals surface area contributed by atoms with E-state index in [1.165, 1.54) is 0 Å². The second kappa shape index (κ2) is 6.23. The molecule has 1 saturated heterocycles. The van der Waals surface area contributed by atoms with Crippen LogP contribution in [0.5, 0.6) is 0 Å². The zero-order valence-electron chi connectivity index (χ0n) is 13.3. The molecule has 4 heteroatoms. The van der Waals surface area contributed by atoms with Crippen LogP contribution in [0.1, 0.15) is 19.3 Å². The van der Waals surface area contributed by atoms with Crippen molar-refractivity contribution < 1.29 is 9.00 Å². The third kappa shape index (κ3) is 2.89. The van der Waals surface area contributed by atoms with E-state index in [4.69, 9.17) is 0 Å². The number of hydrogen-bond acceptors (Lipinski definition) is 2. The molecule has 0 radical (unpaired) electrons. The Balaban J connectivity index is 1.43. The van der Waals surface area contributed by atoms with Crippen molar-refractivity contribution in [1.29, 1.82) is 0 Å². The molecule has 0 aromatic heterocycles. The molecule has 0 bridgehead atoms. The highest BCUT2D eigenvalue weighted by Crippen LogP contribution is 2.48. The molecular formula is C19H23NO2S. The van der Waals surface area contributed by atoms with E-state index in [1.54, 1.807) is 0 Å². The molecule has 0 aromatic rings. The molecule has 0 spiro atoms. The van der Waals surface area contributed by atoms with Crippen LogP contribution in [-0.4, -0.2) is 33.9 Å². The lowest BCUT2D eigenvalue weighted by Gasteiger charge is -2.23. The van der Waals surface area contributed by atoms with Gasteiger partial charge in [-0.05, 0) is 42.9 Å². The molecule has 3 nitrogen and oxygen atoms in total. The van der Waals surface area contributed by atoms with Crippen molar-refractivity contribution in [3.05, 3.63) is 47.4 Å². The smallest absolute Gasteiger partial charge is 0.235 e. The van der Waals surface area contributed by atoms with Gasteiger partial charge in [-0.1, -0.05) is 42.5 Å². The largest absolute Gasteiger partial charge is 0.342 e. The second-order valence-corrected chi connectivity index (χ2v) is 8.44. The molecule has 23 heavy (non-hydrogen) atoms. The Hall–Kier alpha value is -1.42. The first kappa shape index (κ1) is 15.1. The molecule has 4 aliphatic rings. The average Bonchev–Trinajstić information content (AvgIpc) is 3.21.